The topological polar surface area (TPSA) is 57.6 Å². The van der Waals surface area contributed by atoms with Crippen LogP contribution in [0.25, 0.3) is 0 Å². The summed E-state index contributed by atoms with van der Waals surface area (Å²) in [5.41, 5.74) is 0. The highest BCUT2D eigenvalue weighted by Crippen LogP contribution is 2.48. The van der Waals surface area contributed by atoms with Crippen molar-refractivity contribution in [2.24, 2.45) is 23.7 Å². The van der Waals surface area contributed by atoms with Gasteiger partial charge in [0.2, 0.25) is 5.91 Å². The lowest BCUT2D eigenvalue weighted by molar-refractivity contribution is -0.167. The van der Waals surface area contributed by atoms with E-state index in [-0.39, 0.29) is 35.4 Å². The fourth-order valence-electron chi connectivity index (χ4n) is 2.93. The van der Waals surface area contributed by atoms with Gasteiger partial charge in [-0.1, -0.05) is 12.2 Å². The number of carbonyl (C=O) groups is 2. The third-order valence-corrected chi connectivity index (χ3v) is 3.53. The van der Waals surface area contributed by atoms with Gasteiger partial charge in [-0.2, -0.15) is 0 Å². The molecule has 0 aliphatic heterocycles. The quantitative estimate of drug-likeness (QED) is 0.417. The smallest absolute Gasteiger partial charge is 0.250 e. The van der Waals surface area contributed by atoms with Crippen molar-refractivity contribution in [3.63, 3.8) is 0 Å². The third-order valence-electron chi connectivity index (χ3n) is 3.53. The maximum atomic E-state index is 11.7. The Hall–Kier alpha value is -1.16. The maximum Gasteiger partial charge on any atom is 0.250 e. The van der Waals surface area contributed by atoms with E-state index in [1.54, 1.807) is 0 Å². The molecule has 0 radical (unpaired) electrons. The number of fused-ring (bicyclic) bond motifs is 2. The van der Waals surface area contributed by atoms with Crippen molar-refractivity contribution in [1.29, 1.82) is 0 Å². The third kappa shape index (κ3) is 1.49. The molecule has 2 aliphatic carbocycles. The molecule has 0 spiro atoms. The van der Waals surface area contributed by atoms with Gasteiger partial charge in [-0.25, -0.2) is 5.06 Å². The van der Waals surface area contributed by atoms with Gasteiger partial charge in [-0.3, -0.25) is 14.8 Å². The highest BCUT2D eigenvalue weighted by Gasteiger charge is 2.50. The first kappa shape index (κ1) is 10.4. The van der Waals surface area contributed by atoms with Gasteiger partial charge in [-0.15, -0.1) is 0 Å². The number of ketones is 1. The van der Waals surface area contributed by atoms with Crippen molar-refractivity contribution in [2.75, 3.05) is 7.05 Å². The summed E-state index contributed by atoms with van der Waals surface area (Å²) in [5, 5.41) is 9.76. The Bertz CT molecular complexity index is 335. The zero-order valence-electron chi connectivity index (χ0n) is 8.88. The average Bonchev–Trinajstić information content (AvgIpc) is 2.74. The van der Waals surface area contributed by atoms with Gasteiger partial charge in [0.05, 0.1) is 5.92 Å². The van der Waals surface area contributed by atoms with E-state index in [9.17, 15) is 9.59 Å². The highest BCUT2D eigenvalue weighted by atomic mass is 16.5. The monoisotopic (exact) mass is 209 g/mol. The van der Waals surface area contributed by atoms with E-state index < -0.39 is 0 Å². The Labute approximate surface area is 88.5 Å². The van der Waals surface area contributed by atoms with Crippen LogP contribution in [0.4, 0.5) is 0 Å². The first-order valence-corrected chi connectivity index (χ1v) is 5.17. The lowest BCUT2D eigenvalue weighted by atomic mass is 9.80. The van der Waals surface area contributed by atoms with E-state index in [4.69, 9.17) is 5.21 Å². The Balaban J connectivity index is 2.27. The van der Waals surface area contributed by atoms with E-state index in [0.717, 1.165) is 6.42 Å². The minimum atomic E-state index is -0.354. The summed E-state index contributed by atoms with van der Waals surface area (Å²) in [6.07, 6.45) is 4.89. The van der Waals surface area contributed by atoms with Gasteiger partial charge in [0.15, 0.2) is 0 Å². The van der Waals surface area contributed by atoms with Crippen LogP contribution in [0.2, 0.25) is 0 Å². The second-order valence-corrected chi connectivity index (χ2v) is 4.47. The summed E-state index contributed by atoms with van der Waals surface area (Å²) in [7, 11) is 1.31. The number of carbonyl (C=O) groups excluding carboxylic acids is 2. The van der Waals surface area contributed by atoms with Gasteiger partial charge in [0.1, 0.15) is 5.78 Å². The van der Waals surface area contributed by atoms with E-state index >= 15 is 0 Å². The van der Waals surface area contributed by atoms with E-state index in [0.29, 0.717) is 5.06 Å². The van der Waals surface area contributed by atoms with Crippen LogP contribution in [0.15, 0.2) is 12.2 Å². The SMILES string of the molecule is CC(=O)C1C2C=CC(C2)C1C(=O)N(C)O. The normalized spacial score (nSPS) is 37.0. The van der Waals surface area contributed by atoms with Gasteiger partial charge in [-0.05, 0) is 25.2 Å². The molecule has 82 valence electrons. The summed E-state index contributed by atoms with van der Waals surface area (Å²) in [6.45, 7) is 1.52. The predicted molar refractivity (Wildman–Crippen MR) is 53.0 cm³/mol. The molecule has 0 heterocycles. The maximum absolute atomic E-state index is 11.7. The molecule has 4 nitrogen and oxygen atoms in total. The molecule has 1 fully saturated rings. The Morgan fingerprint density at radius 1 is 1.27 bits per heavy atom. The molecule has 1 N–H and O–H groups in total. The first-order valence-electron chi connectivity index (χ1n) is 5.17. The van der Waals surface area contributed by atoms with Crippen LogP contribution in [0.1, 0.15) is 13.3 Å². The van der Waals surface area contributed by atoms with Crippen LogP contribution in [0.5, 0.6) is 0 Å². The molecule has 0 aromatic carbocycles. The molecule has 15 heavy (non-hydrogen) atoms. The molecule has 2 aliphatic rings. The number of amides is 1. The second-order valence-electron chi connectivity index (χ2n) is 4.47. The number of Topliss-reactive ketones (excluding diaryl/α,β-unsaturated/α-hetero) is 1. The highest BCUT2D eigenvalue weighted by molar-refractivity contribution is 5.89. The molecule has 4 heteroatoms. The number of rotatable bonds is 2. The largest absolute Gasteiger partial charge is 0.300 e. The molecular formula is C11H15NO3. The summed E-state index contributed by atoms with van der Waals surface area (Å²) < 4.78 is 0. The zero-order chi connectivity index (χ0) is 11.2. The summed E-state index contributed by atoms with van der Waals surface area (Å²) >= 11 is 0. The Morgan fingerprint density at radius 2 is 1.80 bits per heavy atom. The van der Waals surface area contributed by atoms with Crippen LogP contribution in [0, 0.1) is 23.7 Å². The summed E-state index contributed by atoms with van der Waals surface area (Å²) in [6, 6.07) is 0. The Morgan fingerprint density at radius 3 is 2.27 bits per heavy atom. The number of hydrogen-bond donors (Lipinski definition) is 1. The predicted octanol–water partition coefficient (Wildman–Crippen LogP) is 0.861. The second kappa shape index (κ2) is 3.45. The van der Waals surface area contributed by atoms with Crippen molar-refractivity contribution in [2.45, 2.75) is 13.3 Å². The van der Waals surface area contributed by atoms with Crippen LogP contribution in [-0.2, 0) is 9.59 Å². The van der Waals surface area contributed by atoms with Gasteiger partial charge in [0.25, 0.3) is 0 Å². The molecular weight excluding hydrogens is 194 g/mol. The minimum Gasteiger partial charge on any atom is -0.300 e. The standard InChI is InChI=1S/C11H15NO3/c1-6(13)9-7-3-4-8(5-7)10(9)11(14)12(2)15/h3-4,7-10,15H,5H2,1-2H3. The molecule has 4 atom stereocenters. The molecule has 2 bridgehead atoms. The van der Waals surface area contributed by atoms with Crippen molar-refractivity contribution >= 4 is 11.7 Å². The molecule has 0 aromatic heterocycles. The minimum absolute atomic E-state index is 0.0482. The van der Waals surface area contributed by atoms with Crippen molar-refractivity contribution < 1.29 is 14.8 Å². The molecule has 4 unspecified atom stereocenters. The number of hydroxylamine groups is 2. The average molecular weight is 209 g/mol. The van der Waals surface area contributed by atoms with E-state index in [1.807, 2.05) is 12.2 Å². The van der Waals surface area contributed by atoms with Crippen LogP contribution >= 0.6 is 0 Å². The van der Waals surface area contributed by atoms with Gasteiger partial charge >= 0.3 is 0 Å². The fourth-order valence-corrected chi connectivity index (χ4v) is 2.93. The molecule has 0 aromatic rings. The van der Waals surface area contributed by atoms with Crippen molar-refractivity contribution in [3.8, 4) is 0 Å². The lowest BCUT2D eigenvalue weighted by Gasteiger charge is -2.26. The molecule has 1 saturated carbocycles. The zero-order valence-corrected chi connectivity index (χ0v) is 8.88. The Kier molecular flexibility index (Phi) is 2.38. The summed E-state index contributed by atoms with van der Waals surface area (Å²) in [4.78, 5) is 23.2. The van der Waals surface area contributed by atoms with Crippen molar-refractivity contribution in [3.05, 3.63) is 12.2 Å². The number of hydrogen-bond acceptors (Lipinski definition) is 3. The van der Waals surface area contributed by atoms with Gasteiger partial charge < -0.3 is 0 Å². The van der Waals surface area contributed by atoms with Crippen LogP contribution in [0.3, 0.4) is 0 Å². The number of nitrogens with zero attached hydrogens (tertiary/aromatic N) is 1. The first-order chi connectivity index (χ1) is 7.02. The summed E-state index contributed by atoms with van der Waals surface area (Å²) in [5.74, 6) is -0.555. The molecule has 2 rings (SSSR count). The molecule has 1 amide bonds. The number of allylic oxidation sites excluding steroid dienone is 2. The van der Waals surface area contributed by atoms with E-state index in [1.165, 1.54) is 14.0 Å². The van der Waals surface area contributed by atoms with Gasteiger partial charge in [0, 0.05) is 13.0 Å². The van der Waals surface area contributed by atoms with Crippen LogP contribution < -0.4 is 0 Å². The lowest BCUT2D eigenvalue weighted by Crippen LogP contribution is -2.39. The molecule has 0 saturated heterocycles. The van der Waals surface area contributed by atoms with Crippen LogP contribution in [-0.4, -0.2) is 29.0 Å². The van der Waals surface area contributed by atoms with E-state index in [2.05, 4.69) is 0 Å². The van der Waals surface area contributed by atoms with Crippen molar-refractivity contribution in [1.82, 2.24) is 5.06 Å². The fraction of sp³-hybridized carbons (Fsp3) is 0.636.